The van der Waals surface area contributed by atoms with E-state index >= 15 is 0 Å². The summed E-state index contributed by atoms with van der Waals surface area (Å²) in [5, 5.41) is 7.93. The highest BCUT2D eigenvalue weighted by atomic mass is 35.5. The Morgan fingerprint density at radius 3 is 2.17 bits per heavy atom. The molecule has 210 valence electrons. The van der Waals surface area contributed by atoms with Gasteiger partial charge in [0.05, 0.1) is 24.2 Å². The summed E-state index contributed by atoms with van der Waals surface area (Å²) in [6, 6.07) is 26.8. The summed E-state index contributed by atoms with van der Waals surface area (Å²) in [7, 11) is -3.63. The molecule has 2 amide bonds. The highest BCUT2D eigenvalue weighted by molar-refractivity contribution is 7.92. The van der Waals surface area contributed by atoms with Gasteiger partial charge < -0.3 is 5.32 Å². The summed E-state index contributed by atoms with van der Waals surface area (Å²) >= 11 is 12.2. The fourth-order valence-corrected chi connectivity index (χ4v) is 5.14. The number of benzene rings is 4. The molecule has 0 spiro atoms. The quantitative estimate of drug-likeness (QED) is 0.170. The predicted octanol–water partition coefficient (Wildman–Crippen LogP) is 6.37. The maximum Gasteiger partial charge on any atom is 0.271 e. The van der Waals surface area contributed by atoms with Crippen LogP contribution in [0, 0.1) is 0 Å². The zero-order valence-corrected chi connectivity index (χ0v) is 24.5. The van der Waals surface area contributed by atoms with Gasteiger partial charge in [-0.1, -0.05) is 59.6 Å². The number of rotatable bonds is 9. The van der Waals surface area contributed by atoms with Crippen LogP contribution in [0.4, 0.5) is 11.4 Å². The van der Waals surface area contributed by atoms with E-state index in [2.05, 4.69) is 15.8 Å². The highest BCUT2D eigenvalue weighted by Crippen LogP contribution is 2.24. The molecule has 4 rings (SSSR count). The first kappa shape index (κ1) is 29.8. The van der Waals surface area contributed by atoms with E-state index in [-0.39, 0.29) is 12.5 Å². The second-order valence-electron chi connectivity index (χ2n) is 9.09. The van der Waals surface area contributed by atoms with Crippen LogP contribution in [-0.4, -0.2) is 32.2 Å². The molecule has 0 bridgehead atoms. The maximum absolute atomic E-state index is 12.8. The van der Waals surface area contributed by atoms with Gasteiger partial charge in [-0.3, -0.25) is 13.9 Å². The van der Waals surface area contributed by atoms with Crippen LogP contribution in [0.2, 0.25) is 10.0 Å². The molecule has 4 aromatic rings. The molecule has 0 aromatic heterocycles. The van der Waals surface area contributed by atoms with E-state index in [0.717, 1.165) is 6.26 Å². The molecule has 0 fully saturated rings. The van der Waals surface area contributed by atoms with E-state index in [9.17, 15) is 18.0 Å². The van der Waals surface area contributed by atoms with Crippen LogP contribution < -0.4 is 15.0 Å². The number of hydrogen-bond donors (Lipinski definition) is 2. The van der Waals surface area contributed by atoms with Gasteiger partial charge in [-0.15, -0.1) is 0 Å². The fraction of sp³-hybridized carbons (Fsp3) is 0.100. The number of hydrazone groups is 1. The second-order valence-corrected chi connectivity index (χ2v) is 11.8. The van der Waals surface area contributed by atoms with Gasteiger partial charge in [0.2, 0.25) is 10.0 Å². The topological polar surface area (TPSA) is 108 Å². The lowest BCUT2D eigenvalue weighted by Gasteiger charge is -2.23. The zero-order chi connectivity index (χ0) is 29.6. The molecule has 4 aromatic carbocycles. The van der Waals surface area contributed by atoms with E-state index in [0.29, 0.717) is 49.4 Å². The molecule has 0 heterocycles. The van der Waals surface area contributed by atoms with Crippen molar-refractivity contribution in [1.82, 2.24) is 5.43 Å². The van der Waals surface area contributed by atoms with Gasteiger partial charge in [0.1, 0.15) is 0 Å². The molecule has 0 aliphatic rings. The van der Waals surface area contributed by atoms with Gasteiger partial charge >= 0.3 is 0 Å². The molecule has 0 aliphatic carbocycles. The first-order chi connectivity index (χ1) is 19.5. The minimum atomic E-state index is -3.63. The fourth-order valence-electron chi connectivity index (χ4n) is 3.88. The number of amides is 2. The van der Waals surface area contributed by atoms with Crippen molar-refractivity contribution >= 4 is 62.1 Å². The van der Waals surface area contributed by atoms with Crippen LogP contribution in [0.5, 0.6) is 0 Å². The summed E-state index contributed by atoms with van der Waals surface area (Å²) in [4.78, 5) is 25.3. The van der Waals surface area contributed by atoms with Gasteiger partial charge in [0.25, 0.3) is 11.8 Å². The van der Waals surface area contributed by atoms with Crippen LogP contribution in [0.25, 0.3) is 0 Å². The third-order valence-electron chi connectivity index (χ3n) is 6.04. The third-order valence-corrected chi connectivity index (χ3v) is 7.78. The molecular formula is C30H26Cl2N4O4S. The number of nitrogens with zero attached hydrogens (tertiary/aromatic N) is 2. The number of carbonyl (C=O) groups excluding carboxylic acids is 2. The summed E-state index contributed by atoms with van der Waals surface area (Å²) in [5.41, 5.74) is 6.02. The number of carbonyl (C=O) groups is 2. The average molecular weight is 610 g/mol. The van der Waals surface area contributed by atoms with Crippen molar-refractivity contribution in [2.24, 2.45) is 5.10 Å². The van der Waals surface area contributed by atoms with Crippen molar-refractivity contribution < 1.29 is 18.0 Å². The zero-order valence-electron chi connectivity index (χ0n) is 22.1. The molecule has 0 unspecified atom stereocenters. The van der Waals surface area contributed by atoms with Gasteiger partial charge in [0.15, 0.2) is 0 Å². The number of nitrogens with one attached hydrogen (secondary N) is 2. The Balaban J connectivity index is 1.43. The number of anilines is 2. The number of hydrogen-bond acceptors (Lipinski definition) is 5. The lowest BCUT2D eigenvalue weighted by molar-refractivity contribution is 0.0954. The Morgan fingerprint density at radius 2 is 1.49 bits per heavy atom. The highest BCUT2D eigenvalue weighted by Gasteiger charge is 2.19. The van der Waals surface area contributed by atoms with Crippen LogP contribution >= 0.6 is 23.2 Å². The molecule has 0 aliphatic heterocycles. The molecule has 11 heteroatoms. The molecule has 41 heavy (non-hydrogen) atoms. The van der Waals surface area contributed by atoms with Crippen LogP contribution in [-0.2, 0) is 16.6 Å². The Labute approximate surface area is 248 Å². The van der Waals surface area contributed by atoms with Gasteiger partial charge in [-0.25, -0.2) is 13.8 Å². The first-order valence-corrected chi connectivity index (χ1v) is 14.9. The molecule has 8 nitrogen and oxygen atoms in total. The molecule has 0 radical (unpaired) electrons. The van der Waals surface area contributed by atoms with E-state index in [1.54, 1.807) is 91.9 Å². The SMILES string of the molecule is C/C(=N\NC(=O)c1ccc(N(Cc2ccccc2Cl)S(C)(=O)=O)cc1)c1cccc(NC(=O)c2cccc(Cl)c2)c1. The summed E-state index contributed by atoms with van der Waals surface area (Å²) in [6.07, 6.45) is 1.11. The molecule has 0 saturated heterocycles. The van der Waals surface area contributed by atoms with Crippen molar-refractivity contribution in [2.75, 3.05) is 15.9 Å². The first-order valence-electron chi connectivity index (χ1n) is 12.3. The van der Waals surface area contributed by atoms with Crippen molar-refractivity contribution in [3.8, 4) is 0 Å². The second kappa shape index (κ2) is 13.0. The van der Waals surface area contributed by atoms with Crippen molar-refractivity contribution in [1.29, 1.82) is 0 Å². The Kier molecular flexibility index (Phi) is 9.44. The standard InChI is InChI=1S/C30H26Cl2N4O4S/c1-20(22-8-6-11-26(18-22)33-29(37)23-9-5-10-25(31)17-23)34-35-30(38)21-13-15-27(16-14-21)36(41(2,39)40)19-24-7-3-4-12-28(24)32/h3-18H,19H2,1-2H3,(H,33,37)(H,35,38)/b34-20+. The normalized spacial score (nSPS) is 11.6. The lowest BCUT2D eigenvalue weighted by atomic mass is 10.1. The third kappa shape index (κ3) is 7.94. The lowest BCUT2D eigenvalue weighted by Crippen LogP contribution is -2.29. The van der Waals surface area contributed by atoms with E-state index in [1.807, 2.05) is 0 Å². The smallest absolute Gasteiger partial charge is 0.271 e. The monoisotopic (exact) mass is 608 g/mol. The van der Waals surface area contributed by atoms with Crippen LogP contribution in [0.15, 0.2) is 102 Å². The van der Waals surface area contributed by atoms with Crippen LogP contribution in [0.1, 0.15) is 38.8 Å². The minimum absolute atomic E-state index is 0.0478. The Bertz CT molecular complexity index is 1720. The van der Waals surface area contributed by atoms with E-state index in [1.165, 1.54) is 16.4 Å². The molecule has 2 N–H and O–H groups in total. The largest absolute Gasteiger partial charge is 0.322 e. The van der Waals surface area contributed by atoms with E-state index in [4.69, 9.17) is 23.2 Å². The van der Waals surface area contributed by atoms with Crippen LogP contribution in [0.3, 0.4) is 0 Å². The van der Waals surface area contributed by atoms with Crippen molar-refractivity contribution in [3.63, 3.8) is 0 Å². The van der Waals surface area contributed by atoms with Gasteiger partial charge in [-0.2, -0.15) is 5.10 Å². The number of halogens is 2. The summed E-state index contributed by atoms with van der Waals surface area (Å²) in [5.74, 6) is -0.782. The summed E-state index contributed by atoms with van der Waals surface area (Å²) < 4.78 is 26.2. The maximum atomic E-state index is 12.8. The van der Waals surface area contributed by atoms with E-state index < -0.39 is 15.9 Å². The van der Waals surface area contributed by atoms with Crippen molar-refractivity contribution in [3.05, 3.63) is 129 Å². The average Bonchev–Trinajstić information content (AvgIpc) is 2.95. The molecule has 0 saturated carbocycles. The minimum Gasteiger partial charge on any atom is -0.322 e. The predicted molar refractivity (Wildman–Crippen MR) is 164 cm³/mol. The van der Waals surface area contributed by atoms with Gasteiger partial charge in [0, 0.05) is 26.9 Å². The van der Waals surface area contributed by atoms with Gasteiger partial charge in [-0.05, 0) is 78.7 Å². The summed E-state index contributed by atoms with van der Waals surface area (Å²) in [6.45, 7) is 1.77. The Morgan fingerprint density at radius 1 is 0.805 bits per heavy atom. The van der Waals surface area contributed by atoms with Crippen molar-refractivity contribution in [2.45, 2.75) is 13.5 Å². The molecular weight excluding hydrogens is 583 g/mol. The Hall–Kier alpha value is -4.18. The molecule has 0 atom stereocenters. The number of sulfonamides is 1.